The summed E-state index contributed by atoms with van der Waals surface area (Å²) in [6.07, 6.45) is 2.82. The molecule has 0 atom stereocenters. The highest BCUT2D eigenvalue weighted by atomic mass is 32.2. The standard InChI is InChI=1S/C19H30N4O3S/c1-20-11-13-22(14-12-20)9-4-8-21(2)19(24)17-5-6-18-16(15-17)7-10-23(18)27(3,25)26/h5-6,15H,4,7-14H2,1-3H3. The summed E-state index contributed by atoms with van der Waals surface area (Å²) in [4.78, 5) is 19.3. The molecule has 2 aliphatic heterocycles. The number of piperazine rings is 1. The molecular formula is C19H30N4O3S. The van der Waals surface area contributed by atoms with E-state index in [1.165, 1.54) is 10.6 Å². The molecule has 1 aromatic carbocycles. The summed E-state index contributed by atoms with van der Waals surface area (Å²) in [6.45, 7) is 6.58. The minimum Gasteiger partial charge on any atom is -0.342 e. The quantitative estimate of drug-likeness (QED) is 0.711. The Morgan fingerprint density at radius 1 is 1.15 bits per heavy atom. The predicted octanol–water partition coefficient (Wildman–Crippen LogP) is 0.718. The van der Waals surface area contributed by atoms with E-state index >= 15 is 0 Å². The van der Waals surface area contributed by atoms with Crippen LogP contribution in [0.1, 0.15) is 22.3 Å². The van der Waals surface area contributed by atoms with Gasteiger partial charge in [0.15, 0.2) is 0 Å². The molecular weight excluding hydrogens is 364 g/mol. The smallest absolute Gasteiger partial charge is 0.253 e. The highest BCUT2D eigenvalue weighted by molar-refractivity contribution is 7.92. The van der Waals surface area contributed by atoms with Crippen molar-refractivity contribution in [2.45, 2.75) is 12.8 Å². The van der Waals surface area contributed by atoms with Crippen molar-refractivity contribution in [2.75, 3.05) is 70.5 Å². The Kier molecular flexibility index (Phi) is 6.08. The molecule has 27 heavy (non-hydrogen) atoms. The lowest BCUT2D eigenvalue weighted by molar-refractivity contribution is 0.0783. The number of anilines is 1. The normalized spacial score (nSPS) is 18.6. The van der Waals surface area contributed by atoms with Crippen molar-refractivity contribution in [3.8, 4) is 0 Å². The Bertz CT molecular complexity index is 788. The molecule has 1 saturated heterocycles. The monoisotopic (exact) mass is 394 g/mol. The van der Waals surface area contributed by atoms with Crippen LogP contribution in [0.3, 0.4) is 0 Å². The molecule has 1 amide bonds. The number of sulfonamides is 1. The third-order valence-electron chi connectivity index (χ3n) is 5.49. The maximum atomic E-state index is 12.7. The fraction of sp³-hybridized carbons (Fsp3) is 0.632. The fourth-order valence-corrected chi connectivity index (χ4v) is 4.73. The van der Waals surface area contributed by atoms with Gasteiger partial charge in [0.05, 0.1) is 11.9 Å². The topological polar surface area (TPSA) is 64.2 Å². The number of nitrogens with zero attached hydrogens (tertiary/aromatic N) is 4. The lowest BCUT2D eigenvalue weighted by Gasteiger charge is -2.32. The first-order valence-corrected chi connectivity index (χ1v) is 11.4. The molecule has 0 spiro atoms. The zero-order valence-electron chi connectivity index (χ0n) is 16.5. The minimum absolute atomic E-state index is 0.00557. The van der Waals surface area contributed by atoms with E-state index in [1.807, 2.05) is 13.1 Å². The van der Waals surface area contributed by atoms with Gasteiger partial charge in [0, 0.05) is 51.9 Å². The maximum Gasteiger partial charge on any atom is 0.253 e. The van der Waals surface area contributed by atoms with E-state index in [0.717, 1.165) is 51.3 Å². The zero-order valence-corrected chi connectivity index (χ0v) is 17.3. The van der Waals surface area contributed by atoms with Crippen LogP contribution >= 0.6 is 0 Å². The van der Waals surface area contributed by atoms with Gasteiger partial charge in [-0.2, -0.15) is 0 Å². The van der Waals surface area contributed by atoms with Crippen molar-refractivity contribution in [2.24, 2.45) is 0 Å². The maximum absolute atomic E-state index is 12.7. The SMILES string of the molecule is CN1CCN(CCCN(C)C(=O)c2ccc3c(c2)CCN3S(C)(=O)=O)CC1. The summed E-state index contributed by atoms with van der Waals surface area (Å²) >= 11 is 0. The Balaban J connectivity index is 1.55. The fourth-order valence-electron chi connectivity index (χ4n) is 3.77. The van der Waals surface area contributed by atoms with Crippen LogP contribution in [0.4, 0.5) is 5.69 Å². The van der Waals surface area contributed by atoms with E-state index in [2.05, 4.69) is 16.8 Å². The predicted molar refractivity (Wildman–Crippen MR) is 108 cm³/mol. The minimum atomic E-state index is -3.26. The summed E-state index contributed by atoms with van der Waals surface area (Å²) in [5, 5.41) is 0. The molecule has 1 aromatic rings. The molecule has 8 heteroatoms. The van der Waals surface area contributed by atoms with Crippen molar-refractivity contribution in [1.29, 1.82) is 0 Å². The molecule has 3 rings (SSSR count). The van der Waals surface area contributed by atoms with Crippen LogP contribution < -0.4 is 4.31 Å². The van der Waals surface area contributed by atoms with E-state index in [1.54, 1.807) is 17.0 Å². The molecule has 7 nitrogen and oxygen atoms in total. The Labute approximate surface area is 162 Å². The molecule has 0 saturated carbocycles. The largest absolute Gasteiger partial charge is 0.342 e. The van der Waals surface area contributed by atoms with Gasteiger partial charge in [-0.15, -0.1) is 0 Å². The molecule has 0 bridgehead atoms. The number of fused-ring (bicyclic) bond motifs is 1. The number of carbonyl (C=O) groups excluding carboxylic acids is 1. The molecule has 2 heterocycles. The second-order valence-electron chi connectivity index (χ2n) is 7.65. The van der Waals surface area contributed by atoms with Gasteiger partial charge in [-0.3, -0.25) is 9.10 Å². The molecule has 1 fully saturated rings. The van der Waals surface area contributed by atoms with Gasteiger partial charge in [0.1, 0.15) is 0 Å². The van der Waals surface area contributed by atoms with E-state index in [4.69, 9.17) is 0 Å². The van der Waals surface area contributed by atoms with Crippen LogP contribution in [0.2, 0.25) is 0 Å². The summed E-state index contributed by atoms with van der Waals surface area (Å²) in [5.74, 6) is -0.00557. The number of rotatable bonds is 6. The van der Waals surface area contributed by atoms with Crippen molar-refractivity contribution in [3.63, 3.8) is 0 Å². The highest BCUT2D eigenvalue weighted by Gasteiger charge is 2.27. The number of hydrogen-bond donors (Lipinski definition) is 0. The van der Waals surface area contributed by atoms with Crippen LogP contribution in [0.15, 0.2) is 18.2 Å². The Morgan fingerprint density at radius 2 is 1.85 bits per heavy atom. The molecule has 0 aromatic heterocycles. The Morgan fingerprint density at radius 3 is 2.52 bits per heavy atom. The van der Waals surface area contributed by atoms with Gasteiger partial charge in [-0.1, -0.05) is 0 Å². The average Bonchev–Trinajstić information content (AvgIpc) is 3.06. The number of carbonyl (C=O) groups is 1. The molecule has 0 N–H and O–H groups in total. The van der Waals surface area contributed by atoms with Crippen molar-refractivity contribution in [3.05, 3.63) is 29.3 Å². The second-order valence-corrected chi connectivity index (χ2v) is 9.56. The lowest BCUT2D eigenvalue weighted by atomic mass is 10.1. The molecule has 0 aliphatic carbocycles. The molecule has 0 unspecified atom stereocenters. The second kappa shape index (κ2) is 8.16. The molecule has 150 valence electrons. The number of amides is 1. The average molecular weight is 395 g/mol. The number of benzene rings is 1. The number of hydrogen-bond acceptors (Lipinski definition) is 5. The van der Waals surface area contributed by atoms with E-state index in [-0.39, 0.29) is 5.91 Å². The zero-order chi connectivity index (χ0) is 19.6. The summed E-state index contributed by atoms with van der Waals surface area (Å²) in [7, 11) is 0.723. The lowest BCUT2D eigenvalue weighted by Crippen LogP contribution is -2.45. The third-order valence-corrected chi connectivity index (χ3v) is 6.67. The summed E-state index contributed by atoms with van der Waals surface area (Å²) in [6, 6.07) is 5.34. The van der Waals surface area contributed by atoms with Crippen LogP contribution in [0.25, 0.3) is 0 Å². The van der Waals surface area contributed by atoms with E-state index in [9.17, 15) is 13.2 Å². The van der Waals surface area contributed by atoms with Crippen LogP contribution in [-0.2, 0) is 16.4 Å². The summed E-state index contributed by atoms with van der Waals surface area (Å²) in [5.41, 5.74) is 2.26. The van der Waals surface area contributed by atoms with Gasteiger partial charge in [-0.25, -0.2) is 8.42 Å². The van der Waals surface area contributed by atoms with Crippen LogP contribution in [0, 0.1) is 0 Å². The van der Waals surface area contributed by atoms with E-state index < -0.39 is 10.0 Å². The van der Waals surface area contributed by atoms with Gasteiger partial charge in [0.25, 0.3) is 5.91 Å². The Hall–Kier alpha value is -1.64. The van der Waals surface area contributed by atoms with Gasteiger partial charge in [0.2, 0.25) is 10.0 Å². The van der Waals surface area contributed by atoms with Gasteiger partial charge >= 0.3 is 0 Å². The first kappa shape index (κ1) is 20.1. The van der Waals surface area contributed by atoms with Gasteiger partial charge in [-0.05, 0) is 50.2 Å². The van der Waals surface area contributed by atoms with Gasteiger partial charge < -0.3 is 14.7 Å². The third kappa shape index (κ3) is 4.80. The van der Waals surface area contributed by atoms with Crippen LogP contribution in [0.5, 0.6) is 0 Å². The first-order valence-electron chi connectivity index (χ1n) is 9.53. The van der Waals surface area contributed by atoms with Crippen molar-refractivity contribution in [1.82, 2.24) is 14.7 Å². The summed E-state index contributed by atoms with van der Waals surface area (Å²) < 4.78 is 25.1. The van der Waals surface area contributed by atoms with E-state index in [0.29, 0.717) is 24.2 Å². The van der Waals surface area contributed by atoms with Crippen molar-refractivity contribution >= 4 is 21.6 Å². The first-order chi connectivity index (χ1) is 12.8. The molecule has 2 aliphatic rings. The van der Waals surface area contributed by atoms with Crippen molar-refractivity contribution < 1.29 is 13.2 Å². The van der Waals surface area contributed by atoms with Crippen LogP contribution in [-0.4, -0.2) is 95.2 Å². The number of likely N-dealkylation sites (N-methyl/N-ethyl adjacent to an activating group) is 1. The highest BCUT2D eigenvalue weighted by Crippen LogP contribution is 2.30. The molecule has 0 radical (unpaired) electrons.